The van der Waals surface area contributed by atoms with Crippen LogP contribution in [0.25, 0.3) is 6.08 Å². The molecule has 0 saturated heterocycles. The Balaban J connectivity index is 1.80. The smallest absolute Gasteiger partial charge is 0.290 e. The van der Waals surface area contributed by atoms with Gasteiger partial charge in [0.05, 0.1) is 0 Å². The van der Waals surface area contributed by atoms with Crippen molar-refractivity contribution in [1.29, 1.82) is 0 Å². The minimum atomic E-state index is -0.484. The van der Waals surface area contributed by atoms with Gasteiger partial charge in [0.15, 0.2) is 10.8 Å². The third-order valence-electron chi connectivity index (χ3n) is 2.78. The Bertz CT molecular complexity index is 803. The third kappa shape index (κ3) is 5.18. The van der Waals surface area contributed by atoms with Crippen molar-refractivity contribution >= 4 is 46.8 Å². The Hall–Kier alpha value is -2.71. The standard InChI is InChI=1S/C15H14ClN5O2S/c1-9-8-12(19-18-9)14(23)20-21-15(24)17-13(22)7-6-10-4-2-3-5-11(10)16/h2-8H,1H3,(H,18,19)(H,20,23)(H2,17,21,22,24). The number of rotatable bonds is 3. The second-order valence-corrected chi connectivity index (χ2v) is 5.50. The number of aromatic nitrogens is 2. The molecule has 2 rings (SSSR count). The predicted molar refractivity (Wildman–Crippen MR) is 95.2 cm³/mol. The summed E-state index contributed by atoms with van der Waals surface area (Å²) in [6, 6.07) is 8.67. The highest BCUT2D eigenvalue weighted by Crippen LogP contribution is 2.15. The molecule has 24 heavy (non-hydrogen) atoms. The molecule has 4 N–H and O–H groups in total. The lowest BCUT2D eigenvalue weighted by Crippen LogP contribution is -2.48. The van der Waals surface area contributed by atoms with Gasteiger partial charge in [0.25, 0.3) is 5.91 Å². The minimum Gasteiger partial charge on any atom is -0.298 e. The lowest BCUT2D eigenvalue weighted by Gasteiger charge is -2.08. The number of H-pyrrole nitrogens is 1. The molecule has 0 aliphatic heterocycles. The monoisotopic (exact) mass is 363 g/mol. The van der Waals surface area contributed by atoms with E-state index >= 15 is 0 Å². The summed E-state index contributed by atoms with van der Waals surface area (Å²) in [4.78, 5) is 23.5. The van der Waals surface area contributed by atoms with E-state index in [1.54, 1.807) is 37.3 Å². The molecule has 1 heterocycles. The number of amides is 2. The van der Waals surface area contributed by atoms with Crippen LogP contribution in [0.1, 0.15) is 21.7 Å². The van der Waals surface area contributed by atoms with Crippen LogP contribution in [0.15, 0.2) is 36.4 Å². The Morgan fingerprint density at radius 2 is 2.04 bits per heavy atom. The molecule has 0 bridgehead atoms. The summed E-state index contributed by atoms with van der Waals surface area (Å²) >= 11 is 10.9. The second-order valence-electron chi connectivity index (χ2n) is 4.69. The zero-order valence-electron chi connectivity index (χ0n) is 12.6. The summed E-state index contributed by atoms with van der Waals surface area (Å²) in [5, 5.41) is 9.31. The van der Waals surface area contributed by atoms with Gasteiger partial charge < -0.3 is 0 Å². The Morgan fingerprint density at radius 3 is 2.71 bits per heavy atom. The summed E-state index contributed by atoms with van der Waals surface area (Å²) in [7, 11) is 0. The van der Waals surface area contributed by atoms with E-state index in [-0.39, 0.29) is 10.8 Å². The van der Waals surface area contributed by atoms with Crippen molar-refractivity contribution in [2.24, 2.45) is 0 Å². The first-order valence-corrected chi connectivity index (χ1v) is 7.60. The molecule has 2 aromatic rings. The molecule has 1 aromatic carbocycles. The highest BCUT2D eigenvalue weighted by atomic mass is 35.5. The van der Waals surface area contributed by atoms with E-state index < -0.39 is 11.8 Å². The molecular formula is C15H14ClN5O2S. The van der Waals surface area contributed by atoms with Gasteiger partial charge >= 0.3 is 0 Å². The van der Waals surface area contributed by atoms with Crippen molar-refractivity contribution in [2.75, 3.05) is 0 Å². The highest BCUT2D eigenvalue weighted by Gasteiger charge is 2.09. The largest absolute Gasteiger partial charge is 0.298 e. The maximum absolute atomic E-state index is 11.8. The molecule has 0 fully saturated rings. The first-order chi connectivity index (χ1) is 11.5. The van der Waals surface area contributed by atoms with Gasteiger partial charge in [-0.15, -0.1) is 0 Å². The van der Waals surface area contributed by atoms with Gasteiger partial charge in [-0.2, -0.15) is 5.10 Å². The van der Waals surface area contributed by atoms with E-state index in [1.807, 2.05) is 6.07 Å². The van der Waals surface area contributed by atoms with E-state index in [2.05, 4.69) is 26.4 Å². The number of hydrazine groups is 1. The summed E-state index contributed by atoms with van der Waals surface area (Å²) in [6.07, 6.45) is 2.85. The van der Waals surface area contributed by atoms with Crippen LogP contribution in [0.3, 0.4) is 0 Å². The Kier molecular flexibility index (Phi) is 6.05. The average molecular weight is 364 g/mol. The molecule has 0 unspecified atom stereocenters. The normalized spacial score (nSPS) is 10.4. The Labute approximate surface area is 148 Å². The van der Waals surface area contributed by atoms with Crippen LogP contribution in [0.2, 0.25) is 5.02 Å². The van der Waals surface area contributed by atoms with E-state index in [9.17, 15) is 9.59 Å². The summed E-state index contributed by atoms with van der Waals surface area (Å²) in [5.41, 5.74) is 6.40. The number of aryl methyl sites for hydroxylation is 1. The maximum atomic E-state index is 11.8. The van der Waals surface area contributed by atoms with Gasteiger partial charge in [0.1, 0.15) is 0 Å². The molecule has 7 nitrogen and oxygen atoms in total. The van der Waals surface area contributed by atoms with Crippen molar-refractivity contribution in [3.63, 3.8) is 0 Å². The molecule has 0 atom stereocenters. The number of carbonyl (C=O) groups excluding carboxylic acids is 2. The number of nitrogens with one attached hydrogen (secondary N) is 4. The lowest BCUT2D eigenvalue weighted by molar-refractivity contribution is -0.115. The van der Waals surface area contributed by atoms with Crippen LogP contribution in [0, 0.1) is 6.92 Å². The fourth-order valence-electron chi connectivity index (χ4n) is 1.67. The fraction of sp³-hybridized carbons (Fsp3) is 0.0667. The van der Waals surface area contributed by atoms with E-state index in [1.165, 1.54) is 6.08 Å². The second kappa shape index (κ2) is 8.23. The first-order valence-electron chi connectivity index (χ1n) is 6.81. The molecular weight excluding hydrogens is 350 g/mol. The van der Waals surface area contributed by atoms with Gasteiger partial charge in [0, 0.05) is 16.8 Å². The van der Waals surface area contributed by atoms with Crippen molar-refractivity contribution in [3.05, 3.63) is 58.4 Å². The fourth-order valence-corrected chi connectivity index (χ4v) is 2.02. The molecule has 9 heteroatoms. The highest BCUT2D eigenvalue weighted by molar-refractivity contribution is 7.80. The molecule has 0 spiro atoms. The predicted octanol–water partition coefficient (Wildman–Crippen LogP) is 1.72. The zero-order valence-corrected chi connectivity index (χ0v) is 14.2. The molecule has 0 aliphatic rings. The number of aromatic amines is 1. The number of hydrogen-bond donors (Lipinski definition) is 4. The van der Waals surface area contributed by atoms with E-state index in [0.29, 0.717) is 10.6 Å². The molecule has 0 saturated carbocycles. The minimum absolute atomic E-state index is 0.0515. The van der Waals surface area contributed by atoms with Gasteiger partial charge in [-0.05, 0) is 42.9 Å². The van der Waals surface area contributed by atoms with Crippen LogP contribution >= 0.6 is 23.8 Å². The molecule has 124 valence electrons. The Morgan fingerprint density at radius 1 is 1.29 bits per heavy atom. The summed E-state index contributed by atoms with van der Waals surface area (Å²) in [6.45, 7) is 1.77. The number of carbonyl (C=O) groups is 2. The van der Waals surface area contributed by atoms with Gasteiger partial charge in [-0.1, -0.05) is 29.8 Å². The summed E-state index contributed by atoms with van der Waals surface area (Å²) in [5.74, 6) is -0.945. The maximum Gasteiger partial charge on any atom is 0.290 e. The topological polar surface area (TPSA) is 98.9 Å². The lowest BCUT2D eigenvalue weighted by atomic mass is 10.2. The molecule has 2 amide bonds. The van der Waals surface area contributed by atoms with Crippen LogP contribution < -0.4 is 16.2 Å². The van der Waals surface area contributed by atoms with Crippen molar-refractivity contribution < 1.29 is 9.59 Å². The number of nitrogens with zero attached hydrogens (tertiary/aromatic N) is 1. The van der Waals surface area contributed by atoms with Crippen molar-refractivity contribution in [3.8, 4) is 0 Å². The molecule has 0 aliphatic carbocycles. The molecule has 1 aromatic heterocycles. The number of thiocarbonyl (C=S) groups is 1. The zero-order chi connectivity index (χ0) is 17.5. The van der Waals surface area contributed by atoms with Gasteiger partial charge in [0.2, 0.25) is 5.91 Å². The third-order valence-corrected chi connectivity index (χ3v) is 3.33. The van der Waals surface area contributed by atoms with Crippen LogP contribution in [0.5, 0.6) is 0 Å². The number of hydrogen-bond acceptors (Lipinski definition) is 4. The average Bonchev–Trinajstić information content (AvgIpc) is 2.98. The van der Waals surface area contributed by atoms with Gasteiger partial charge in [-0.25, -0.2) is 0 Å². The quantitative estimate of drug-likeness (QED) is 0.378. The van der Waals surface area contributed by atoms with E-state index in [0.717, 1.165) is 5.69 Å². The van der Waals surface area contributed by atoms with Crippen LogP contribution in [-0.4, -0.2) is 27.1 Å². The number of halogens is 1. The van der Waals surface area contributed by atoms with Crippen LogP contribution in [0.4, 0.5) is 0 Å². The SMILES string of the molecule is Cc1cc(C(=O)NNC(=S)NC(=O)C=Cc2ccccc2Cl)n[nH]1. The number of benzene rings is 1. The molecule has 0 radical (unpaired) electrons. The summed E-state index contributed by atoms with van der Waals surface area (Å²) < 4.78 is 0. The van der Waals surface area contributed by atoms with Crippen molar-refractivity contribution in [2.45, 2.75) is 6.92 Å². The first kappa shape index (κ1) is 17.6. The van der Waals surface area contributed by atoms with Gasteiger partial charge in [-0.3, -0.25) is 30.9 Å². The van der Waals surface area contributed by atoms with E-state index in [4.69, 9.17) is 23.8 Å². The van der Waals surface area contributed by atoms with Crippen molar-refractivity contribution in [1.82, 2.24) is 26.4 Å². The van der Waals surface area contributed by atoms with Crippen LogP contribution in [-0.2, 0) is 4.79 Å².